The highest BCUT2D eigenvalue weighted by Crippen LogP contribution is 2.39. The van der Waals surface area contributed by atoms with Gasteiger partial charge in [0.05, 0.1) is 20.3 Å². The van der Waals surface area contributed by atoms with Crippen molar-refractivity contribution < 1.29 is 24.2 Å². The number of carbonyl (C=O) groups is 2. The Balaban J connectivity index is 2.04. The predicted molar refractivity (Wildman–Crippen MR) is 89.3 cm³/mol. The van der Waals surface area contributed by atoms with Gasteiger partial charge in [0.1, 0.15) is 11.5 Å². The van der Waals surface area contributed by atoms with Crippen LogP contribution < -0.4 is 9.47 Å². The van der Waals surface area contributed by atoms with E-state index in [1.54, 1.807) is 14.2 Å². The highest BCUT2D eigenvalue weighted by atomic mass is 16.5. The van der Waals surface area contributed by atoms with E-state index >= 15 is 0 Å². The third-order valence-corrected chi connectivity index (χ3v) is 4.40. The lowest BCUT2D eigenvalue weighted by Crippen LogP contribution is -2.30. The van der Waals surface area contributed by atoms with E-state index < -0.39 is 5.97 Å². The van der Waals surface area contributed by atoms with Crippen molar-refractivity contribution in [2.75, 3.05) is 20.8 Å². The zero-order valence-electron chi connectivity index (χ0n) is 14.3. The molecular formula is C18H25NO5. The molecule has 1 amide bonds. The number of rotatable bonds is 8. The van der Waals surface area contributed by atoms with Crippen LogP contribution >= 0.6 is 0 Å². The molecule has 1 heterocycles. The van der Waals surface area contributed by atoms with Crippen LogP contribution in [-0.4, -0.2) is 42.6 Å². The average Bonchev–Trinajstić information content (AvgIpc) is 3.07. The van der Waals surface area contributed by atoms with Crippen LogP contribution in [0.3, 0.4) is 0 Å². The van der Waals surface area contributed by atoms with Crippen molar-refractivity contribution in [3.8, 4) is 11.5 Å². The molecule has 0 aliphatic carbocycles. The van der Waals surface area contributed by atoms with E-state index in [1.807, 2.05) is 23.1 Å². The molecule has 0 spiro atoms. The molecule has 132 valence electrons. The van der Waals surface area contributed by atoms with Gasteiger partial charge < -0.3 is 19.5 Å². The lowest BCUT2D eigenvalue weighted by atomic mass is 10.0. The molecule has 1 unspecified atom stereocenters. The predicted octanol–water partition coefficient (Wildman–Crippen LogP) is 3.01. The summed E-state index contributed by atoms with van der Waals surface area (Å²) in [6.07, 6.45) is 3.51. The van der Waals surface area contributed by atoms with Crippen LogP contribution in [0, 0.1) is 0 Å². The van der Waals surface area contributed by atoms with Gasteiger partial charge in [-0.05, 0) is 37.8 Å². The zero-order valence-corrected chi connectivity index (χ0v) is 14.3. The number of carbonyl (C=O) groups excluding carboxylic acids is 1. The van der Waals surface area contributed by atoms with Crippen LogP contribution in [0.1, 0.15) is 50.1 Å². The summed E-state index contributed by atoms with van der Waals surface area (Å²) in [5.41, 5.74) is 0.995. The topological polar surface area (TPSA) is 76.1 Å². The largest absolute Gasteiger partial charge is 0.497 e. The maximum Gasteiger partial charge on any atom is 0.303 e. The van der Waals surface area contributed by atoms with Crippen LogP contribution in [0.2, 0.25) is 0 Å². The molecule has 1 fully saturated rings. The van der Waals surface area contributed by atoms with Crippen molar-refractivity contribution in [2.24, 2.45) is 0 Å². The molecule has 24 heavy (non-hydrogen) atoms. The maximum absolute atomic E-state index is 12.5. The fourth-order valence-electron chi connectivity index (χ4n) is 3.18. The first-order valence-corrected chi connectivity index (χ1v) is 8.30. The fourth-order valence-corrected chi connectivity index (χ4v) is 3.18. The Labute approximate surface area is 142 Å². The summed E-state index contributed by atoms with van der Waals surface area (Å²) in [5.74, 6) is 0.718. The van der Waals surface area contributed by atoms with Gasteiger partial charge in [0.25, 0.3) is 0 Å². The number of carboxylic acids is 1. The number of methoxy groups -OCH3 is 2. The molecule has 1 aromatic rings. The zero-order chi connectivity index (χ0) is 17.5. The summed E-state index contributed by atoms with van der Waals surface area (Å²) in [4.78, 5) is 24.9. The number of hydrogen-bond acceptors (Lipinski definition) is 4. The van der Waals surface area contributed by atoms with Crippen LogP contribution in [0.4, 0.5) is 0 Å². The van der Waals surface area contributed by atoms with Crippen LogP contribution in [0.15, 0.2) is 18.2 Å². The molecule has 2 rings (SSSR count). The summed E-state index contributed by atoms with van der Waals surface area (Å²) >= 11 is 0. The molecule has 1 aliphatic heterocycles. The number of ether oxygens (including phenoxy) is 2. The molecule has 0 aromatic heterocycles. The number of hydrogen-bond donors (Lipinski definition) is 1. The van der Waals surface area contributed by atoms with Gasteiger partial charge in [-0.25, -0.2) is 0 Å². The Morgan fingerprint density at radius 3 is 2.62 bits per heavy atom. The van der Waals surface area contributed by atoms with Gasteiger partial charge in [-0.1, -0.05) is 0 Å². The van der Waals surface area contributed by atoms with E-state index in [-0.39, 0.29) is 18.4 Å². The van der Waals surface area contributed by atoms with Crippen molar-refractivity contribution >= 4 is 11.9 Å². The molecule has 0 bridgehead atoms. The van der Waals surface area contributed by atoms with E-state index in [0.717, 1.165) is 36.4 Å². The average molecular weight is 335 g/mol. The molecule has 1 N–H and O–H groups in total. The van der Waals surface area contributed by atoms with E-state index in [1.165, 1.54) is 0 Å². The normalized spacial score (nSPS) is 16.9. The Morgan fingerprint density at radius 2 is 1.96 bits per heavy atom. The second-order valence-corrected chi connectivity index (χ2v) is 5.95. The van der Waals surface area contributed by atoms with Gasteiger partial charge in [-0.3, -0.25) is 9.59 Å². The van der Waals surface area contributed by atoms with E-state index in [0.29, 0.717) is 19.3 Å². The summed E-state index contributed by atoms with van der Waals surface area (Å²) in [6.45, 7) is 0.734. The van der Waals surface area contributed by atoms with Gasteiger partial charge in [-0.2, -0.15) is 0 Å². The molecule has 0 radical (unpaired) electrons. The number of carboxylic acid groups (broad SMARTS) is 1. The highest BCUT2D eigenvalue weighted by molar-refractivity contribution is 5.77. The number of aliphatic carboxylic acids is 1. The second-order valence-electron chi connectivity index (χ2n) is 5.95. The van der Waals surface area contributed by atoms with E-state index in [4.69, 9.17) is 14.6 Å². The number of benzene rings is 1. The standard InChI is InChI=1S/C18H25NO5/c1-23-13-9-10-14(16(12-13)24-2)15-6-5-11-19(15)17(20)7-3-4-8-18(21)22/h9-10,12,15H,3-8,11H2,1-2H3,(H,21,22). The van der Waals surface area contributed by atoms with Crippen molar-refractivity contribution in [1.82, 2.24) is 4.90 Å². The minimum atomic E-state index is -0.815. The minimum absolute atomic E-state index is 0.0119. The quantitative estimate of drug-likeness (QED) is 0.739. The Bertz CT molecular complexity index is 587. The SMILES string of the molecule is COc1ccc(C2CCCN2C(=O)CCCCC(=O)O)c(OC)c1. The first-order chi connectivity index (χ1) is 11.6. The lowest BCUT2D eigenvalue weighted by molar-refractivity contribution is -0.137. The van der Waals surface area contributed by atoms with E-state index in [2.05, 4.69) is 0 Å². The van der Waals surface area contributed by atoms with Crippen LogP contribution in [0.5, 0.6) is 11.5 Å². The summed E-state index contributed by atoms with van der Waals surface area (Å²) in [6, 6.07) is 5.69. The lowest BCUT2D eigenvalue weighted by Gasteiger charge is -2.26. The van der Waals surface area contributed by atoms with Gasteiger partial charge in [0.2, 0.25) is 5.91 Å². The highest BCUT2D eigenvalue weighted by Gasteiger charge is 2.31. The van der Waals surface area contributed by atoms with Gasteiger partial charge in [0, 0.05) is 31.0 Å². The monoisotopic (exact) mass is 335 g/mol. The smallest absolute Gasteiger partial charge is 0.303 e. The number of likely N-dealkylation sites (tertiary alicyclic amines) is 1. The number of amides is 1. The van der Waals surface area contributed by atoms with Crippen molar-refractivity contribution in [1.29, 1.82) is 0 Å². The van der Waals surface area contributed by atoms with Crippen molar-refractivity contribution in [3.05, 3.63) is 23.8 Å². The molecule has 0 saturated carbocycles. The summed E-state index contributed by atoms with van der Waals surface area (Å²) in [5, 5.41) is 8.66. The molecular weight excluding hydrogens is 310 g/mol. The first kappa shape index (κ1) is 18.1. The summed E-state index contributed by atoms with van der Waals surface area (Å²) < 4.78 is 10.7. The van der Waals surface area contributed by atoms with Gasteiger partial charge >= 0.3 is 5.97 Å². The second kappa shape index (κ2) is 8.57. The Morgan fingerprint density at radius 1 is 1.21 bits per heavy atom. The Kier molecular flexibility index (Phi) is 6.46. The fraction of sp³-hybridized carbons (Fsp3) is 0.556. The maximum atomic E-state index is 12.5. The van der Waals surface area contributed by atoms with Gasteiger partial charge in [-0.15, -0.1) is 0 Å². The molecule has 6 nitrogen and oxygen atoms in total. The number of unbranched alkanes of at least 4 members (excludes halogenated alkanes) is 1. The van der Waals surface area contributed by atoms with Crippen molar-refractivity contribution in [3.63, 3.8) is 0 Å². The molecule has 1 saturated heterocycles. The first-order valence-electron chi connectivity index (χ1n) is 8.30. The Hall–Kier alpha value is -2.24. The van der Waals surface area contributed by atoms with Crippen LogP contribution in [0.25, 0.3) is 0 Å². The van der Waals surface area contributed by atoms with Gasteiger partial charge in [0.15, 0.2) is 0 Å². The van der Waals surface area contributed by atoms with E-state index in [9.17, 15) is 9.59 Å². The molecule has 1 atom stereocenters. The molecule has 1 aliphatic rings. The van der Waals surface area contributed by atoms with Crippen LogP contribution in [-0.2, 0) is 9.59 Å². The third kappa shape index (κ3) is 4.40. The van der Waals surface area contributed by atoms with Crippen molar-refractivity contribution in [2.45, 2.75) is 44.6 Å². The number of nitrogens with zero attached hydrogens (tertiary/aromatic N) is 1. The molecule has 1 aromatic carbocycles. The molecule has 6 heteroatoms. The minimum Gasteiger partial charge on any atom is -0.497 e. The third-order valence-electron chi connectivity index (χ3n) is 4.40. The summed E-state index contributed by atoms with van der Waals surface area (Å²) in [7, 11) is 3.22.